The Morgan fingerprint density at radius 3 is 2.55 bits per heavy atom. The molecule has 2 saturated carbocycles. The Bertz CT molecular complexity index is 2160. The standard InChI is InChI=1S/C36H38N10O3/c1-48-29-11-24(36(47)45-18-23-5-7-27(45)31(23)38)9-26-32(29)46(17-21-14-43(15-21)33-25(12-37)13-39-19-40-33)35(41-26)28-10-22-6-8-30(49-2)42-34(22)44(28)16-20-3-4-20/h6,8-11,13,19-21,23,27,31H,3-5,7,14-18,38H2,1-2H3. The van der Waals surface area contributed by atoms with Crippen molar-refractivity contribution >= 4 is 33.8 Å². The average molecular weight is 659 g/mol. The number of methoxy groups -OCH3 is 2. The molecule has 0 radical (unpaired) electrons. The van der Waals surface area contributed by atoms with Gasteiger partial charge in [-0.15, -0.1) is 0 Å². The van der Waals surface area contributed by atoms with E-state index in [0.29, 0.717) is 59.0 Å². The molecule has 2 N–H and O–H groups in total. The molecule has 2 aliphatic carbocycles. The fraction of sp³-hybridized carbons (Fsp3) is 0.444. The van der Waals surface area contributed by atoms with Crippen molar-refractivity contribution < 1.29 is 14.3 Å². The van der Waals surface area contributed by atoms with Gasteiger partial charge in [0.2, 0.25) is 5.88 Å². The van der Waals surface area contributed by atoms with Crippen molar-refractivity contribution in [1.29, 1.82) is 5.26 Å². The van der Waals surface area contributed by atoms with Crippen LogP contribution in [0.4, 0.5) is 5.82 Å². The SMILES string of the molecule is COc1ccc2cc(-c3nc4cc(C(=O)N5CC6CCC5C6N)cc(OC)c4n3CC3CN(c4ncncc4C#N)C3)n(CC3CC3)c2n1. The zero-order valence-electron chi connectivity index (χ0n) is 27.6. The van der Waals surface area contributed by atoms with Crippen molar-refractivity contribution in [3.8, 4) is 29.2 Å². The van der Waals surface area contributed by atoms with Gasteiger partial charge in [-0.2, -0.15) is 10.2 Å². The first-order chi connectivity index (χ1) is 23.9. The van der Waals surface area contributed by atoms with Crippen molar-refractivity contribution in [2.24, 2.45) is 23.5 Å². The van der Waals surface area contributed by atoms with Crippen LogP contribution in [-0.2, 0) is 13.1 Å². The Morgan fingerprint density at radius 1 is 1.00 bits per heavy atom. The van der Waals surface area contributed by atoms with Gasteiger partial charge in [-0.1, -0.05) is 0 Å². The summed E-state index contributed by atoms with van der Waals surface area (Å²) in [5, 5.41) is 10.6. The number of nitrogens with two attached hydrogens (primary N) is 1. The monoisotopic (exact) mass is 658 g/mol. The third-order valence-electron chi connectivity index (χ3n) is 11.0. The number of benzene rings is 1. The number of aromatic nitrogens is 6. The molecule has 0 spiro atoms. The molecule has 4 aromatic heterocycles. The second-order valence-corrected chi connectivity index (χ2v) is 14.0. The molecule has 3 atom stereocenters. The van der Waals surface area contributed by atoms with E-state index in [1.807, 2.05) is 29.2 Å². The summed E-state index contributed by atoms with van der Waals surface area (Å²) in [5.74, 6) is 3.82. The van der Waals surface area contributed by atoms with Gasteiger partial charge in [-0.25, -0.2) is 15.0 Å². The van der Waals surface area contributed by atoms with E-state index >= 15 is 0 Å². The Hall–Kier alpha value is -5.22. The van der Waals surface area contributed by atoms with Gasteiger partial charge in [0.05, 0.1) is 31.6 Å². The second kappa shape index (κ2) is 11.4. The van der Waals surface area contributed by atoms with Crippen LogP contribution in [-0.4, -0.2) is 85.8 Å². The maximum absolute atomic E-state index is 14.0. The summed E-state index contributed by atoms with van der Waals surface area (Å²) in [6.07, 6.45) is 7.44. The van der Waals surface area contributed by atoms with Gasteiger partial charge in [0, 0.05) is 67.7 Å². The first-order valence-electron chi connectivity index (χ1n) is 17.1. The largest absolute Gasteiger partial charge is 0.494 e. The average Bonchev–Trinajstić information content (AvgIpc) is 3.48. The molecule has 49 heavy (non-hydrogen) atoms. The number of anilines is 1. The Balaban J connectivity index is 1.15. The molecule has 2 bridgehead atoms. The molecule has 1 aromatic carbocycles. The predicted octanol–water partition coefficient (Wildman–Crippen LogP) is 3.84. The second-order valence-electron chi connectivity index (χ2n) is 14.0. The summed E-state index contributed by atoms with van der Waals surface area (Å²) in [6, 6.07) is 12.2. The van der Waals surface area contributed by atoms with Crippen LogP contribution < -0.4 is 20.1 Å². The molecule has 6 heterocycles. The number of nitrogens with zero attached hydrogens (tertiary/aromatic N) is 9. The van der Waals surface area contributed by atoms with Crippen molar-refractivity contribution in [2.45, 2.75) is 50.9 Å². The molecule has 1 amide bonds. The van der Waals surface area contributed by atoms with Gasteiger partial charge in [-0.05, 0) is 61.8 Å². The fourth-order valence-corrected chi connectivity index (χ4v) is 8.25. The zero-order valence-corrected chi connectivity index (χ0v) is 27.6. The summed E-state index contributed by atoms with van der Waals surface area (Å²) in [5.41, 5.74) is 10.9. The number of nitriles is 1. The number of amides is 1. The normalized spacial score (nSPS) is 21.8. The Labute approximate surface area is 283 Å². The molecule has 9 rings (SSSR count). The Morgan fingerprint density at radius 2 is 1.84 bits per heavy atom. The van der Waals surface area contributed by atoms with E-state index in [1.165, 1.54) is 19.2 Å². The van der Waals surface area contributed by atoms with Crippen LogP contribution >= 0.6 is 0 Å². The lowest BCUT2D eigenvalue weighted by Crippen LogP contribution is -2.49. The molecule has 3 unspecified atom stereocenters. The predicted molar refractivity (Wildman–Crippen MR) is 182 cm³/mol. The van der Waals surface area contributed by atoms with E-state index < -0.39 is 0 Å². The summed E-state index contributed by atoms with van der Waals surface area (Å²) in [4.78, 5) is 36.6. The molecule has 2 saturated heterocycles. The highest BCUT2D eigenvalue weighted by molar-refractivity contribution is 6.00. The first-order valence-corrected chi connectivity index (χ1v) is 17.1. The summed E-state index contributed by atoms with van der Waals surface area (Å²) >= 11 is 0. The van der Waals surface area contributed by atoms with Gasteiger partial charge in [-0.3, -0.25) is 4.79 Å². The molecule has 4 aliphatic rings. The summed E-state index contributed by atoms with van der Waals surface area (Å²) in [7, 11) is 3.29. The van der Waals surface area contributed by atoms with Crippen LogP contribution in [0, 0.1) is 29.1 Å². The highest BCUT2D eigenvalue weighted by atomic mass is 16.5. The smallest absolute Gasteiger partial charge is 0.254 e. The number of pyridine rings is 1. The fourth-order valence-electron chi connectivity index (χ4n) is 8.25. The van der Waals surface area contributed by atoms with Crippen molar-refractivity contribution in [3.63, 3.8) is 0 Å². The van der Waals surface area contributed by atoms with Gasteiger partial charge >= 0.3 is 0 Å². The number of carbonyl (C=O) groups excluding carboxylic acids is 1. The van der Waals surface area contributed by atoms with Gasteiger partial charge in [0.15, 0.2) is 5.82 Å². The topological polar surface area (TPSA) is 153 Å². The molecule has 5 aromatic rings. The van der Waals surface area contributed by atoms with Gasteiger partial charge in [0.25, 0.3) is 5.91 Å². The highest BCUT2D eigenvalue weighted by Crippen LogP contribution is 2.41. The van der Waals surface area contributed by atoms with Crippen LogP contribution in [0.1, 0.15) is 41.6 Å². The lowest BCUT2D eigenvalue weighted by molar-refractivity contribution is 0.0700. The van der Waals surface area contributed by atoms with Crippen molar-refractivity contribution in [3.05, 3.63) is 54.0 Å². The number of fused-ring (bicyclic) bond motifs is 4. The van der Waals surface area contributed by atoms with E-state index in [2.05, 4.69) is 36.1 Å². The molecular weight excluding hydrogens is 620 g/mol. The summed E-state index contributed by atoms with van der Waals surface area (Å²) in [6.45, 7) is 3.64. The van der Waals surface area contributed by atoms with E-state index in [4.69, 9.17) is 25.2 Å². The van der Waals surface area contributed by atoms with E-state index in [0.717, 1.165) is 60.5 Å². The number of rotatable bonds is 9. The minimum absolute atomic E-state index is 0.0223. The van der Waals surface area contributed by atoms with Gasteiger partial charge < -0.3 is 34.1 Å². The van der Waals surface area contributed by atoms with E-state index in [-0.39, 0.29) is 23.9 Å². The number of carbonyl (C=O) groups is 1. The third-order valence-corrected chi connectivity index (χ3v) is 11.0. The maximum atomic E-state index is 14.0. The molecule has 250 valence electrons. The van der Waals surface area contributed by atoms with Crippen molar-refractivity contribution in [1.82, 2.24) is 34.0 Å². The number of imidazole rings is 1. The number of hydrogen-bond donors (Lipinski definition) is 1. The van der Waals surface area contributed by atoms with Crippen LogP contribution in [0.15, 0.2) is 42.9 Å². The van der Waals surface area contributed by atoms with Gasteiger partial charge in [0.1, 0.15) is 40.7 Å². The van der Waals surface area contributed by atoms with Crippen LogP contribution in [0.5, 0.6) is 11.6 Å². The minimum atomic E-state index is -0.0223. The van der Waals surface area contributed by atoms with Crippen LogP contribution in [0.2, 0.25) is 0 Å². The zero-order chi connectivity index (χ0) is 33.4. The minimum Gasteiger partial charge on any atom is -0.494 e. The molecular formula is C36H38N10O3. The molecule has 2 aliphatic heterocycles. The molecule has 4 fully saturated rings. The number of likely N-dealkylation sites (tertiary alicyclic amines) is 1. The lowest BCUT2D eigenvalue weighted by atomic mass is 9.99. The van der Waals surface area contributed by atoms with E-state index in [1.54, 1.807) is 20.4 Å². The molecule has 13 heteroatoms. The summed E-state index contributed by atoms with van der Waals surface area (Å²) < 4.78 is 16.1. The first kappa shape index (κ1) is 29.9. The highest BCUT2D eigenvalue weighted by Gasteiger charge is 2.47. The maximum Gasteiger partial charge on any atom is 0.254 e. The number of ether oxygens (including phenoxy) is 2. The Kier molecular flexibility index (Phi) is 6.98. The van der Waals surface area contributed by atoms with Crippen LogP contribution in [0.3, 0.4) is 0 Å². The van der Waals surface area contributed by atoms with Crippen LogP contribution in [0.25, 0.3) is 33.6 Å². The third kappa shape index (κ3) is 4.88. The lowest BCUT2D eigenvalue weighted by Gasteiger charge is -2.40. The molecule has 13 nitrogen and oxygen atoms in total. The van der Waals surface area contributed by atoms with E-state index in [9.17, 15) is 10.1 Å². The number of hydrogen-bond acceptors (Lipinski definition) is 10. The quantitative estimate of drug-likeness (QED) is 0.247. The number of piperidine rings is 1. The van der Waals surface area contributed by atoms with Crippen molar-refractivity contribution in [2.75, 3.05) is 38.8 Å².